The minimum atomic E-state index is -0.939. The number of nitrogen functional groups attached to an aromatic ring is 1. The van der Waals surface area contributed by atoms with Crippen LogP contribution in [0, 0.1) is 0 Å². The minimum Gasteiger partial charge on any atom is -0.388 e. The van der Waals surface area contributed by atoms with Crippen LogP contribution in [0.1, 0.15) is 33.9 Å². The van der Waals surface area contributed by atoms with Gasteiger partial charge in [-0.3, -0.25) is 14.2 Å². The molecule has 2 aromatic heterocycles. The molecule has 5 N–H and O–H groups in total. The van der Waals surface area contributed by atoms with Crippen molar-refractivity contribution in [2.75, 3.05) is 5.73 Å². The maximum absolute atomic E-state index is 12.2. The Kier molecular flexibility index (Phi) is 5.63. The van der Waals surface area contributed by atoms with Crippen molar-refractivity contribution in [1.29, 1.82) is 0 Å². The Bertz CT molecular complexity index is 1080. The van der Waals surface area contributed by atoms with E-state index in [2.05, 4.69) is 15.1 Å². The summed E-state index contributed by atoms with van der Waals surface area (Å²) in [7, 11) is 0. The Morgan fingerprint density at radius 1 is 1.25 bits per heavy atom. The highest BCUT2D eigenvalue weighted by atomic mass is 35.5. The van der Waals surface area contributed by atoms with Gasteiger partial charge >= 0.3 is 0 Å². The molecule has 0 unspecified atom stereocenters. The third kappa shape index (κ3) is 4.14. The number of hydrogen-bond acceptors (Lipinski definition) is 8. The Labute approximate surface area is 167 Å². The normalized spacial score (nSPS) is 12.1. The van der Waals surface area contributed by atoms with Crippen LogP contribution in [0.25, 0.3) is 0 Å². The average molecular weight is 425 g/mol. The van der Waals surface area contributed by atoms with Crippen LogP contribution in [-0.2, 0) is 13.0 Å². The summed E-state index contributed by atoms with van der Waals surface area (Å²) < 4.78 is 6.03. The van der Waals surface area contributed by atoms with E-state index in [0.29, 0.717) is 10.6 Å². The van der Waals surface area contributed by atoms with Gasteiger partial charge in [-0.05, 0) is 17.7 Å². The number of hydrogen-bond donors (Lipinski definition) is 3. The predicted octanol–water partition coefficient (Wildman–Crippen LogP) is 0.939. The van der Waals surface area contributed by atoms with E-state index in [1.54, 1.807) is 24.3 Å². The zero-order valence-corrected chi connectivity index (χ0v) is 15.7. The molecule has 3 aromatic rings. The standard InChI is InChI=1S/C16H14Cl2N6O4/c17-8-3-1-7(2-4-8)9(25)5-10-21-11(28-23-10)6-24-14(19)12(15(20)26)22-13(18)16(24)27/h1-4,9,25H,5-6,19H2,(H2,20,26)/t9-/m0/s1. The summed E-state index contributed by atoms with van der Waals surface area (Å²) in [5.74, 6) is -0.988. The first-order chi connectivity index (χ1) is 13.3. The summed E-state index contributed by atoms with van der Waals surface area (Å²) in [6, 6.07) is 6.66. The van der Waals surface area contributed by atoms with E-state index in [1.165, 1.54) is 0 Å². The summed E-state index contributed by atoms with van der Waals surface area (Å²) >= 11 is 11.6. The first-order valence-corrected chi connectivity index (χ1v) is 8.62. The number of carbonyl (C=O) groups excluding carboxylic acids is 1. The first-order valence-electron chi connectivity index (χ1n) is 7.87. The van der Waals surface area contributed by atoms with Crippen LogP contribution >= 0.6 is 23.2 Å². The maximum atomic E-state index is 12.2. The molecule has 0 radical (unpaired) electrons. The molecule has 12 heteroatoms. The van der Waals surface area contributed by atoms with E-state index >= 15 is 0 Å². The zero-order chi connectivity index (χ0) is 20.4. The maximum Gasteiger partial charge on any atom is 0.290 e. The predicted molar refractivity (Wildman–Crippen MR) is 100.0 cm³/mol. The molecule has 0 aliphatic carbocycles. The van der Waals surface area contributed by atoms with Crippen LogP contribution in [0.15, 0.2) is 33.6 Å². The molecule has 1 aromatic carbocycles. The fraction of sp³-hybridized carbons (Fsp3) is 0.188. The average Bonchev–Trinajstić information content (AvgIpc) is 3.09. The van der Waals surface area contributed by atoms with Crippen molar-refractivity contribution in [1.82, 2.24) is 19.7 Å². The number of amides is 1. The molecule has 0 spiro atoms. The lowest BCUT2D eigenvalue weighted by molar-refractivity contribution is 0.0995. The lowest BCUT2D eigenvalue weighted by Gasteiger charge is -2.09. The Morgan fingerprint density at radius 3 is 2.57 bits per heavy atom. The third-order valence-corrected chi connectivity index (χ3v) is 4.33. The van der Waals surface area contributed by atoms with Gasteiger partial charge in [-0.25, -0.2) is 4.98 Å². The molecule has 0 aliphatic heterocycles. The molecule has 3 rings (SSSR count). The van der Waals surface area contributed by atoms with Crippen LogP contribution in [0.3, 0.4) is 0 Å². The quantitative estimate of drug-likeness (QED) is 0.525. The number of nitrogens with two attached hydrogens (primary N) is 2. The summed E-state index contributed by atoms with van der Waals surface area (Å²) in [6.07, 6.45) is -0.813. The monoisotopic (exact) mass is 424 g/mol. The Balaban J connectivity index is 1.81. The van der Waals surface area contributed by atoms with Crippen molar-refractivity contribution in [3.05, 3.63) is 67.8 Å². The van der Waals surface area contributed by atoms with E-state index in [9.17, 15) is 14.7 Å². The van der Waals surface area contributed by atoms with E-state index in [0.717, 1.165) is 4.57 Å². The number of benzene rings is 1. The fourth-order valence-electron chi connectivity index (χ4n) is 2.44. The molecule has 0 saturated heterocycles. The van der Waals surface area contributed by atoms with Gasteiger partial charge in [0.2, 0.25) is 5.89 Å². The van der Waals surface area contributed by atoms with E-state index in [4.69, 9.17) is 39.2 Å². The van der Waals surface area contributed by atoms with E-state index in [1.807, 2.05) is 0 Å². The van der Waals surface area contributed by atoms with Crippen LogP contribution in [0.4, 0.5) is 5.82 Å². The molecule has 10 nitrogen and oxygen atoms in total. The number of nitrogens with zero attached hydrogens (tertiary/aromatic N) is 4. The highest BCUT2D eigenvalue weighted by Gasteiger charge is 2.20. The molecule has 0 aliphatic rings. The highest BCUT2D eigenvalue weighted by Crippen LogP contribution is 2.19. The summed E-state index contributed by atoms with van der Waals surface area (Å²) in [6.45, 7) is -0.253. The lowest BCUT2D eigenvalue weighted by Crippen LogP contribution is -2.30. The Morgan fingerprint density at radius 2 is 1.93 bits per heavy atom. The Hall–Kier alpha value is -2.95. The van der Waals surface area contributed by atoms with Gasteiger partial charge in [0, 0.05) is 11.4 Å². The number of aromatic nitrogens is 4. The molecular formula is C16H14Cl2N6O4. The number of halogens is 2. The van der Waals surface area contributed by atoms with E-state index in [-0.39, 0.29) is 36.2 Å². The van der Waals surface area contributed by atoms with Crippen molar-refractivity contribution in [2.24, 2.45) is 5.73 Å². The first kappa shape index (κ1) is 19.8. The van der Waals surface area contributed by atoms with Gasteiger partial charge in [-0.1, -0.05) is 40.5 Å². The van der Waals surface area contributed by atoms with Crippen molar-refractivity contribution < 1.29 is 14.4 Å². The van der Waals surface area contributed by atoms with Crippen molar-refractivity contribution in [3.8, 4) is 0 Å². The fourth-order valence-corrected chi connectivity index (χ4v) is 2.75. The van der Waals surface area contributed by atoms with Crippen LogP contribution in [0.2, 0.25) is 10.2 Å². The number of rotatable bonds is 6. The van der Waals surface area contributed by atoms with Gasteiger partial charge < -0.3 is 21.1 Å². The van der Waals surface area contributed by atoms with Gasteiger partial charge in [-0.15, -0.1) is 0 Å². The summed E-state index contributed by atoms with van der Waals surface area (Å²) in [5, 5.41) is 14.1. The summed E-state index contributed by atoms with van der Waals surface area (Å²) in [5.41, 5.74) is 10.5. The molecule has 146 valence electrons. The van der Waals surface area contributed by atoms with Crippen LogP contribution in [-0.4, -0.2) is 30.7 Å². The minimum absolute atomic E-state index is 0.0183. The molecule has 2 heterocycles. The second-order valence-electron chi connectivity index (χ2n) is 5.77. The highest BCUT2D eigenvalue weighted by molar-refractivity contribution is 6.30. The van der Waals surface area contributed by atoms with Gasteiger partial charge in [0.15, 0.2) is 16.7 Å². The van der Waals surface area contributed by atoms with Crippen LogP contribution < -0.4 is 17.0 Å². The van der Waals surface area contributed by atoms with Crippen molar-refractivity contribution in [3.63, 3.8) is 0 Å². The number of anilines is 1. The third-order valence-electron chi connectivity index (χ3n) is 3.83. The number of primary amides is 1. The molecule has 0 bridgehead atoms. The summed E-state index contributed by atoms with van der Waals surface area (Å²) in [4.78, 5) is 31.2. The lowest BCUT2D eigenvalue weighted by atomic mass is 10.1. The molecule has 1 amide bonds. The topological polar surface area (TPSA) is 163 Å². The number of carbonyl (C=O) groups is 1. The number of aliphatic hydroxyl groups is 1. The number of aliphatic hydroxyl groups excluding tert-OH is 1. The largest absolute Gasteiger partial charge is 0.388 e. The van der Waals surface area contributed by atoms with Gasteiger partial charge in [0.05, 0.1) is 6.10 Å². The molecule has 28 heavy (non-hydrogen) atoms. The molecule has 0 saturated carbocycles. The van der Waals surface area contributed by atoms with Crippen molar-refractivity contribution in [2.45, 2.75) is 19.1 Å². The second-order valence-corrected chi connectivity index (χ2v) is 6.56. The SMILES string of the molecule is NC(=O)c1nc(Cl)c(=O)n(Cc2nc(C[C@H](O)c3ccc(Cl)cc3)no2)c1N. The molecular weight excluding hydrogens is 411 g/mol. The molecule has 1 atom stereocenters. The van der Waals surface area contributed by atoms with Crippen LogP contribution in [0.5, 0.6) is 0 Å². The second kappa shape index (κ2) is 7.97. The van der Waals surface area contributed by atoms with Gasteiger partial charge in [0.25, 0.3) is 11.5 Å². The molecule has 0 fully saturated rings. The van der Waals surface area contributed by atoms with E-state index < -0.39 is 22.7 Å². The smallest absolute Gasteiger partial charge is 0.290 e. The van der Waals surface area contributed by atoms with Gasteiger partial charge in [-0.2, -0.15) is 4.98 Å². The zero-order valence-electron chi connectivity index (χ0n) is 14.2. The van der Waals surface area contributed by atoms with Crippen molar-refractivity contribution >= 4 is 34.9 Å². The van der Waals surface area contributed by atoms with Gasteiger partial charge in [0.1, 0.15) is 12.4 Å².